The van der Waals surface area contributed by atoms with Crippen molar-refractivity contribution < 1.29 is 28.5 Å². The Morgan fingerprint density at radius 1 is 0.968 bits per heavy atom. The second-order valence-corrected chi connectivity index (χ2v) is 7.01. The predicted molar refractivity (Wildman–Crippen MR) is 118 cm³/mol. The number of carbonyl (C=O) groups excluding carboxylic acids is 2. The zero-order valence-electron chi connectivity index (χ0n) is 18.5. The molecule has 0 radical (unpaired) electrons. The summed E-state index contributed by atoms with van der Waals surface area (Å²) in [5, 5.41) is 2.87. The zero-order valence-corrected chi connectivity index (χ0v) is 18.5. The molecule has 1 amide bonds. The van der Waals surface area contributed by atoms with E-state index in [0.717, 1.165) is 5.56 Å². The Balaban J connectivity index is 2.18. The standard InChI is InChI=1S/C24H29NO6/c1-16(2)31-23(27)15-19(18-9-7-6-8-10-18)25-22(26)12-11-17-13-20(28-3)24(30-5)21(14-17)29-4/h6-14,16,19H,15H2,1-5H3,(H,25,26)/b12-11+. The first kappa shape index (κ1) is 23.8. The van der Waals surface area contributed by atoms with Crippen LogP contribution in [0, 0.1) is 0 Å². The monoisotopic (exact) mass is 427 g/mol. The van der Waals surface area contributed by atoms with E-state index in [1.807, 2.05) is 30.3 Å². The number of hydrogen-bond acceptors (Lipinski definition) is 6. The summed E-state index contributed by atoms with van der Waals surface area (Å²) in [4.78, 5) is 24.8. The predicted octanol–water partition coefficient (Wildman–Crippen LogP) is 3.92. The van der Waals surface area contributed by atoms with Crippen LogP contribution in [0.5, 0.6) is 17.2 Å². The molecule has 7 heteroatoms. The first-order valence-electron chi connectivity index (χ1n) is 9.91. The molecule has 1 N–H and O–H groups in total. The Hall–Kier alpha value is -3.48. The highest BCUT2D eigenvalue weighted by atomic mass is 16.5. The third-order valence-electron chi connectivity index (χ3n) is 4.37. The van der Waals surface area contributed by atoms with Crippen LogP contribution in [0.25, 0.3) is 6.08 Å². The Labute approximate surface area is 183 Å². The smallest absolute Gasteiger partial charge is 0.308 e. The van der Waals surface area contributed by atoms with Gasteiger partial charge in [0.15, 0.2) is 11.5 Å². The molecule has 0 spiro atoms. The summed E-state index contributed by atoms with van der Waals surface area (Å²) in [6, 6.07) is 12.3. The van der Waals surface area contributed by atoms with Crippen molar-refractivity contribution in [3.63, 3.8) is 0 Å². The van der Waals surface area contributed by atoms with E-state index in [2.05, 4.69) is 5.32 Å². The first-order chi connectivity index (χ1) is 14.9. The van der Waals surface area contributed by atoms with Crippen LogP contribution in [0.3, 0.4) is 0 Å². The Kier molecular flexibility index (Phi) is 8.94. The molecular weight excluding hydrogens is 398 g/mol. The van der Waals surface area contributed by atoms with E-state index < -0.39 is 6.04 Å². The van der Waals surface area contributed by atoms with Gasteiger partial charge in [0.05, 0.1) is 39.9 Å². The molecule has 1 atom stereocenters. The summed E-state index contributed by atoms with van der Waals surface area (Å²) in [6.07, 6.45) is 2.84. The molecule has 0 aliphatic heterocycles. The molecular formula is C24H29NO6. The van der Waals surface area contributed by atoms with E-state index >= 15 is 0 Å². The van der Waals surface area contributed by atoms with Gasteiger partial charge >= 0.3 is 5.97 Å². The minimum atomic E-state index is -0.510. The number of ether oxygens (including phenoxy) is 4. The maximum absolute atomic E-state index is 12.6. The molecule has 0 heterocycles. The summed E-state index contributed by atoms with van der Waals surface area (Å²) in [7, 11) is 4.58. The summed E-state index contributed by atoms with van der Waals surface area (Å²) >= 11 is 0. The molecule has 31 heavy (non-hydrogen) atoms. The molecule has 2 rings (SSSR count). The quantitative estimate of drug-likeness (QED) is 0.457. The van der Waals surface area contributed by atoms with Gasteiger partial charge in [-0.3, -0.25) is 9.59 Å². The SMILES string of the molecule is COc1cc(/C=C/C(=O)NC(CC(=O)OC(C)C)c2ccccc2)cc(OC)c1OC. The van der Waals surface area contributed by atoms with Gasteiger partial charge in [-0.15, -0.1) is 0 Å². The van der Waals surface area contributed by atoms with Crippen molar-refractivity contribution in [3.05, 3.63) is 59.7 Å². The van der Waals surface area contributed by atoms with Crippen molar-refractivity contribution in [2.45, 2.75) is 32.4 Å². The van der Waals surface area contributed by atoms with E-state index in [1.54, 1.807) is 32.1 Å². The van der Waals surface area contributed by atoms with Crippen LogP contribution in [0.1, 0.15) is 37.4 Å². The highest BCUT2D eigenvalue weighted by Crippen LogP contribution is 2.38. The topological polar surface area (TPSA) is 83.1 Å². The van der Waals surface area contributed by atoms with E-state index in [0.29, 0.717) is 22.8 Å². The Morgan fingerprint density at radius 2 is 1.58 bits per heavy atom. The fraction of sp³-hybridized carbons (Fsp3) is 0.333. The van der Waals surface area contributed by atoms with Crippen LogP contribution in [0.15, 0.2) is 48.5 Å². The Bertz CT molecular complexity index is 883. The summed E-state index contributed by atoms with van der Waals surface area (Å²) < 4.78 is 21.2. The van der Waals surface area contributed by atoms with Crippen LogP contribution in [-0.4, -0.2) is 39.3 Å². The molecule has 7 nitrogen and oxygen atoms in total. The molecule has 0 aromatic heterocycles. The van der Waals surface area contributed by atoms with Gasteiger partial charge in [-0.05, 0) is 43.2 Å². The van der Waals surface area contributed by atoms with Crippen LogP contribution < -0.4 is 19.5 Å². The lowest BCUT2D eigenvalue weighted by Crippen LogP contribution is -2.29. The average molecular weight is 427 g/mol. The molecule has 166 valence electrons. The fourth-order valence-corrected chi connectivity index (χ4v) is 3.00. The number of nitrogens with one attached hydrogen (secondary N) is 1. The van der Waals surface area contributed by atoms with Gasteiger partial charge < -0.3 is 24.3 Å². The molecule has 2 aromatic rings. The molecule has 0 aliphatic carbocycles. The number of amides is 1. The van der Waals surface area contributed by atoms with Gasteiger partial charge in [0, 0.05) is 6.08 Å². The van der Waals surface area contributed by atoms with Crippen LogP contribution in [0.2, 0.25) is 0 Å². The van der Waals surface area contributed by atoms with Gasteiger partial charge in [-0.2, -0.15) is 0 Å². The van der Waals surface area contributed by atoms with Crippen molar-refractivity contribution in [2.75, 3.05) is 21.3 Å². The highest BCUT2D eigenvalue weighted by Gasteiger charge is 2.19. The molecule has 0 saturated carbocycles. The third kappa shape index (κ3) is 7.06. The van der Waals surface area contributed by atoms with Crippen molar-refractivity contribution in [3.8, 4) is 17.2 Å². The lowest BCUT2D eigenvalue weighted by atomic mass is 10.0. The normalized spacial score (nSPS) is 11.8. The van der Waals surface area contributed by atoms with Gasteiger partial charge in [-0.1, -0.05) is 30.3 Å². The second-order valence-electron chi connectivity index (χ2n) is 7.01. The van der Waals surface area contributed by atoms with Gasteiger partial charge in [0.25, 0.3) is 0 Å². The van der Waals surface area contributed by atoms with Crippen molar-refractivity contribution in [1.29, 1.82) is 0 Å². The third-order valence-corrected chi connectivity index (χ3v) is 4.37. The van der Waals surface area contributed by atoms with Gasteiger partial charge in [0.1, 0.15) is 0 Å². The largest absolute Gasteiger partial charge is 0.493 e. The van der Waals surface area contributed by atoms with E-state index in [9.17, 15) is 9.59 Å². The van der Waals surface area contributed by atoms with E-state index in [4.69, 9.17) is 18.9 Å². The number of methoxy groups -OCH3 is 3. The molecule has 0 saturated heterocycles. The number of carbonyl (C=O) groups is 2. The summed E-state index contributed by atoms with van der Waals surface area (Å²) in [5.41, 5.74) is 1.51. The number of hydrogen-bond donors (Lipinski definition) is 1. The maximum atomic E-state index is 12.6. The molecule has 0 bridgehead atoms. The fourth-order valence-electron chi connectivity index (χ4n) is 3.00. The van der Waals surface area contributed by atoms with Crippen LogP contribution in [-0.2, 0) is 14.3 Å². The van der Waals surface area contributed by atoms with E-state index in [-0.39, 0.29) is 24.4 Å². The zero-order chi connectivity index (χ0) is 22.8. The molecule has 1 unspecified atom stereocenters. The average Bonchev–Trinajstić information content (AvgIpc) is 2.76. The minimum absolute atomic E-state index is 0.0337. The number of rotatable bonds is 10. The number of esters is 1. The molecule has 0 aliphatic rings. The van der Waals surface area contributed by atoms with Crippen molar-refractivity contribution in [1.82, 2.24) is 5.32 Å². The van der Waals surface area contributed by atoms with Crippen molar-refractivity contribution in [2.24, 2.45) is 0 Å². The molecule has 2 aromatic carbocycles. The van der Waals surface area contributed by atoms with Gasteiger partial charge in [-0.25, -0.2) is 0 Å². The van der Waals surface area contributed by atoms with E-state index in [1.165, 1.54) is 27.4 Å². The lowest BCUT2D eigenvalue weighted by Gasteiger charge is -2.18. The second kappa shape index (κ2) is 11.6. The summed E-state index contributed by atoms with van der Waals surface area (Å²) in [5.74, 6) is 0.720. The maximum Gasteiger partial charge on any atom is 0.308 e. The van der Waals surface area contributed by atoms with Crippen molar-refractivity contribution >= 4 is 18.0 Å². The molecule has 0 fully saturated rings. The first-order valence-corrected chi connectivity index (χ1v) is 9.91. The van der Waals surface area contributed by atoms with Crippen LogP contribution >= 0.6 is 0 Å². The number of benzene rings is 2. The highest BCUT2D eigenvalue weighted by molar-refractivity contribution is 5.92. The van der Waals surface area contributed by atoms with Gasteiger partial charge in [0.2, 0.25) is 11.7 Å². The minimum Gasteiger partial charge on any atom is -0.493 e. The summed E-state index contributed by atoms with van der Waals surface area (Å²) in [6.45, 7) is 3.57. The Morgan fingerprint density at radius 3 is 2.10 bits per heavy atom. The van der Waals surface area contributed by atoms with Crippen LogP contribution in [0.4, 0.5) is 0 Å². The lowest BCUT2D eigenvalue weighted by molar-refractivity contribution is -0.148.